The number of carbonyl (C=O) groups is 2. The van der Waals surface area contributed by atoms with Crippen molar-refractivity contribution in [3.63, 3.8) is 0 Å². The highest BCUT2D eigenvalue weighted by atomic mass is 16.5. The summed E-state index contributed by atoms with van der Waals surface area (Å²) in [4.78, 5) is 30.8. The quantitative estimate of drug-likeness (QED) is 0.697. The molecule has 0 aliphatic carbocycles. The summed E-state index contributed by atoms with van der Waals surface area (Å²) >= 11 is 0. The number of carboxylic acids is 1. The molecule has 0 saturated carbocycles. The Morgan fingerprint density at radius 1 is 1.50 bits per heavy atom. The molecule has 1 saturated heterocycles. The summed E-state index contributed by atoms with van der Waals surface area (Å²) in [7, 11) is 0. The van der Waals surface area contributed by atoms with Gasteiger partial charge in [-0.25, -0.2) is 14.8 Å². The van der Waals surface area contributed by atoms with Gasteiger partial charge in [0.05, 0.1) is 31.5 Å². The first-order valence-corrected chi connectivity index (χ1v) is 6.19. The molecule has 2 atom stereocenters. The number of hydrogen-bond donors (Lipinski definition) is 3. The highest BCUT2D eigenvalue weighted by Crippen LogP contribution is 2.13. The average Bonchev–Trinajstić information content (AvgIpc) is 2.85. The normalized spacial score (nSPS) is 21.4. The van der Waals surface area contributed by atoms with Gasteiger partial charge in [0.2, 0.25) is 0 Å². The lowest BCUT2D eigenvalue weighted by Gasteiger charge is -2.16. The van der Waals surface area contributed by atoms with Gasteiger partial charge in [-0.15, -0.1) is 0 Å². The fourth-order valence-electron chi connectivity index (χ4n) is 1.93. The smallest absolute Gasteiger partial charge is 0.315 e. The number of aryl methyl sites for hydroxylation is 1. The lowest BCUT2D eigenvalue weighted by Crippen LogP contribution is -2.47. The molecule has 2 rings (SSSR count). The number of amides is 2. The van der Waals surface area contributed by atoms with Crippen LogP contribution in [0.1, 0.15) is 11.5 Å². The van der Waals surface area contributed by atoms with Crippen LogP contribution in [0.5, 0.6) is 0 Å². The number of urea groups is 1. The number of aliphatic carboxylic acids is 1. The van der Waals surface area contributed by atoms with Crippen LogP contribution in [-0.2, 0) is 16.1 Å². The van der Waals surface area contributed by atoms with Crippen LogP contribution in [0.2, 0.25) is 0 Å². The number of nitrogens with one attached hydrogen (secondary N) is 2. The summed E-state index contributed by atoms with van der Waals surface area (Å²) in [6.07, 6.45) is 1.61. The molecule has 2 unspecified atom stereocenters. The average molecular weight is 280 g/mol. The highest BCUT2D eigenvalue weighted by Gasteiger charge is 2.34. The van der Waals surface area contributed by atoms with Crippen LogP contribution in [0.3, 0.4) is 0 Å². The van der Waals surface area contributed by atoms with E-state index in [1.54, 1.807) is 19.2 Å². The summed E-state index contributed by atoms with van der Waals surface area (Å²) in [5.41, 5.74) is 0.685. The molecule has 1 aliphatic heterocycles. The van der Waals surface area contributed by atoms with Gasteiger partial charge in [-0.1, -0.05) is 0 Å². The summed E-state index contributed by atoms with van der Waals surface area (Å²) in [5.74, 6) is -1.05. The van der Waals surface area contributed by atoms with Crippen LogP contribution in [0, 0.1) is 12.8 Å². The lowest BCUT2D eigenvalue weighted by atomic mass is 10.0. The van der Waals surface area contributed by atoms with Gasteiger partial charge in [-0.05, 0) is 13.0 Å². The summed E-state index contributed by atoms with van der Waals surface area (Å²) in [6.45, 7) is 2.33. The van der Waals surface area contributed by atoms with Gasteiger partial charge in [0.25, 0.3) is 0 Å². The topological polar surface area (TPSA) is 113 Å². The van der Waals surface area contributed by atoms with Crippen molar-refractivity contribution in [2.75, 3.05) is 13.2 Å². The zero-order valence-corrected chi connectivity index (χ0v) is 11.0. The maximum Gasteiger partial charge on any atom is 0.315 e. The van der Waals surface area contributed by atoms with E-state index >= 15 is 0 Å². The van der Waals surface area contributed by atoms with Crippen LogP contribution in [0.15, 0.2) is 12.3 Å². The predicted molar refractivity (Wildman–Crippen MR) is 67.9 cm³/mol. The van der Waals surface area contributed by atoms with Crippen LogP contribution < -0.4 is 10.6 Å². The molecular weight excluding hydrogens is 264 g/mol. The first kappa shape index (κ1) is 14.2. The second-order valence-corrected chi connectivity index (χ2v) is 4.51. The summed E-state index contributed by atoms with van der Waals surface area (Å²) in [5, 5.41) is 14.2. The Morgan fingerprint density at radius 3 is 3.00 bits per heavy atom. The van der Waals surface area contributed by atoms with Gasteiger partial charge in [-0.2, -0.15) is 0 Å². The zero-order valence-electron chi connectivity index (χ0n) is 11.0. The number of hydrogen-bond acceptors (Lipinski definition) is 5. The molecule has 0 radical (unpaired) electrons. The molecule has 0 aromatic carbocycles. The van der Waals surface area contributed by atoms with Crippen LogP contribution in [0.4, 0.5) is 4.79 Å². The van der Waals surface area contributed by atoms with Gasteiger partial charge in [0, 0.05) is 6.20 Å². The van der Waals surface area contributed by atoms with E-state index in [0.717, 1.165) is 0 Å². The van der Waals surface area contributed by atoms with Gasteiger partial charge in [-0.3, -0.25) is 4.79 Å². The van der Waals surface area contributed by atoms with Crippen molar-refractivity contribution in [3.8, 4) is 0 Å². The van der Waals surface area contributed by atoms with Crippen molar-refractivity contribution >= 4 is 12.0 Å². The number of aromatic nitrogens is 2. The Morgan fingerprint density at radius 2 is 2.30 bits per heavy atom. The molecule has 3 N–H and O–H groups in total. The molecule has 2 amide bonds. The first-order valence-electron chi connectivity index (χ1n) is 6.19. The Bertz CT molecular complexity index is 508. The van der Waals surface area contributed by atoms with Crippen molar-refractivity contribution in [3.05, 3.63) is 23.8 Å². The van der Waals surface area contributed by atoms with Gasteiger partial charge >= 0.3 is 12.0 Å². The fraction of sp³-hybridized carbons (Fsp3) is 0.500. The summed E-state index contributed by atoms with van der Waals surface area (Å²) in [6, 6.07) is 0.745. The van der Waals surface area contributed by atoms with E-state index in [4.69, 9.17) is 9.84 Å². The Kier molecular flexibility index (Phi) is 4.46. The molecule has 2 heterocycles. The lowest BCUT2D eigenvalue weighted by molar-refractivity contribution is -0.142. The Labute approximate surface area is 115 Å². The van der Waals surface area contributed by atoms with E-state index in [0.29, 0.717) is 11.5 Å². The molecule has 0 bridgehead atoms. The molecule has 0 spiro atoms. The molecule has 108 valence electrons. The van der Waals surface area contributed by atoms with Crippen molar-refractivity contribution in [2.24, 2.45) is 5.92 Å². The fourth-order valence-corrected chi connectivity index (χ4v) is 1.93. The van der Waals surface area contributed by atoms with E-state index in [-0.39, 0.29) is 19.8 Å². The Hall–Kier alpha value is -2.22. The molecule has 1 aliphatic rings. The van der Waals surface area contributed by atoms with Crippen molar-refractivity contribution < 1.29 is 19.4 Å². The third-order valence-electron chi connectivity index (χ3n) is 2.98. The number of ether oxygens (including phenoxy) is 1. The largest absolute Gasteiger partial charge is 0.481 e. The number of carboxylic acid groups (broad SMARTS) is 1. The van der Waals surface area contributed by atoms with E-state index in [9.17, 15) is 9.59 Å². The molecule has 8 heteroatoms. The van der Waals surface area contributed by atoms with Gasteiger partial charge in [0.15, 0.2) is 0 Å². The SMILES string of the molecule is Cc1nccc(CNC(=O)NC2COCC2C(=O)O)n1. The molecule has 1 aromatic rings. The third kappa shape index (κ3) is 3.64. The first-order chi connectivity index (χ1) is 9.56. The van der Waals surface area contributed by atoms with Crippen molar-refractivity contribution in [1.82, 2.24) is 20.6 Å². The van der Waals surface area contributed by atoms with E-state index in [2.05, 4.69) is 20.6 Å². The number of rotatable bonds is 4. The second-order valence-electron chi connectivity index (χ2n) is 4.51. The van der Waals surface area contributed by atoms with Crippen molar-refractivity contribution in [2.45, 2.75) is 19.5 Å². The number of carbonyl (C=O) groups excluding carboxylic acids is 1. The minimum Gasteiger partial charge on any atom is -0.481 e. The van der Waals surface area contributed by atoms with E-state index in [1.165, 1.54) is 0 Å². The van der Waals surface area contributed by atoms with Crippen LogP contribution in [-0.4, -0.2) is 46.3 Å². The maximum atomic E-state index is 11.7. The summed E-state index contributed by atoms with van der Waals surface area (Å²) < 4.78 is 5.07. The highest BCUT2D eigenvalue weighted by molar-refractivity contribution is 5.77. The zero-order chi connectivity index (χ0) is 14.5. The maximum absolute atomic E-state index is 11.7. The molecule has 8 nitrogen and oxygen atoms in total. The van der Waals surface area contributed by atoms with Gasteiger partial charge in [0.1, 0.15) is 11.7 Å². The van der Waals surface area contributed by atoms with Gasteiger partial charge < -0.3 is 20.5 Å². The molecular formula is C12H16N4O4. The third-order valence-corrected chi connectivity index (χ3v) is 2.98. The molecule has 20 heavy (non-hydrogen) atoms. The van der Waals surface area contributed by atoms with E-state index < -0.39 is 24.0 Å². The van der Waals surface area contributed by atoms with Crippen molar-refractivity contribution in [1.29, 1.82) is 0 Å². The van der Waals surface area contributed by atoms with E-state index in [1.807, 2.05) is 0 Å². The number of nitrogens with zero attached hydrogens (tertiary/aromatic N) is 2. The van der Waals surface area contributed by atoms with Crippen LogP contribution in [0.25, 0.3) is 0 Å². The standard InChI is InChI=1S/C12H16N4O4/c1-7-13-3-2-8(15-7)4-14-12(19)16-10-6-20-5-9(10)11(17)18/h2-3,9-10H,4-6H2,1H3,(H,17,18)(H2,14,16,19). The molecule has 1 aromatic heterocycles. The minimum atomic E-state index is -0.973. The monoisotopic (exact) mass is 280 g/mol. The Balaban J connectivity index is 1.82. The minimum absolute atomic E-state index is 0.116. The molecule has 1 fully saturated rings. The second kappa shape index (κ2) is 6.29. The predicted octanol–water partition coefficient (Wildman–Crippen LogP) is -0.316. The van der Waals surface area contributed by atoms with Crippen LogP contribution >= 0.6 is 0 Å².